The summed E-state index contributed by atoms with van der Waals surface area (Å²) in [6.07, 6.45) is 1.88. The molecule has 6 nitrogen and oxygen atoms in total. The van der Waals surface area contributed by atoms with Crippen LogP contribution in [0.5, 0.6) is 5.75 Å². The second-order valence-electron chi connectivity index (χ2n) is 6.02. The molecule has 0 spiro atoms. The summed E-state index contributed by atoms with van der Waals surface area (Å²) < 4.78 is 32.7. The summed E-state index contributed by atoms with van der Waals surface area (Å²) in [7, 11) is 0. The zero-order chi connectivity index (χ0) is 19.0. The zero-order valence-electron chi connectivity index (χ0n) is 14.1. The molecule has 0 unspecified atom stereocenters. The van der Waals surface area contributed by atoms with Crippen molar-refractivity contribution < 1.29 is 13.5 Å². The number of rotatable bonds is 4. The molecule has 0 bridgehead atoms. The predicted molar refractivity (Wildman–Crippen MR) is 99.5 cm³/mol. The number of allylic oxidation sites excluding steroid dienone is 1. The van der Waals surface area contributed by atoms with E-state index in [0.717, 1.165) is 21.3 Å². The molecule has 1 atom stereocenters. The van der Waals surface area contributed by atoms with Crippen molar-refractivity contribution in [3.8, 4) is 5.75 Å². The fourth-order valence-corrected chi connectivity index (χ4v) is 3.31. The smallest absolute Gasteiger partial charge is 0.387 e. The summed E-state index contributed by atoms with van der Waals surface area (Å²) in [5.74, 6) is 0.488. The molecule has 27 heavy (non-hydrogen) atoms. The van der Waals surface area contributed by atoms with E-state index >= 15 is 0 Å². The van der Waals surface area contributed by atoms with Gasteiger partial charge in [0, 0.05) is 15.7 Å². The monoisotopic (exact) mass is 433 g/mol. The van der Waals surface area contributed by atoms with Gasteiger partial charge in [-0.15, -0.1) is 0 Å². The minimum absolute atomic E-state index is 0.0704. The molecule has 9 heteroatoms. The van der Waals surface area contributed by atoms with Crippen LogP contribution in [0.4, 0.5) is 14.7 Å². The summed E-state index contributed by atoms with van der Waals surface area (Å²) in [5.41, 5.74) is 3.37. The first-order chi connectivity index (χ1) is 13.0. The first-order valence-electron chi connectivity index (χ1n) is 8.09. The largest absolute Gasteiger partial charge is 0.434 e. The minimum atomic E-state index is -2.93. The molecule has 0 amide bonds. The fourth-order valence-electron chi connectivity index (χ4n) is 2.93. The number of aryl methyl sites for hydroxylation is 1. The molecule has 0 fully saturated rings. The number of halogens is 3. The van der Waals surface area contributed by atoms with E-state index in [1.807, 2.05) is 37.3 Å². The molecule has 4 rings (SSSR count). The predicted octanol–water partition coefficient (Wildman–Crippen LogP) is 4.40. The summed E-state index contributed by atoms with van der Waals surface area (Å²) >= 11 is 3.39. The highest BCUT2D eigenvalue weighted by molar-refractivity contribution is 9.10. The Kier molecular flexibility index (Phi) is 4.61. The molecule has 138 valence electrons. The van der Waals surface area contributed by atoms with Crippen molar-refractivity contribution in [3.05, 3.63) is 69.7 Å². The lowest BCUT2D eigenvalue weighted by Crippen LogP contribution is -2.21. The highest BCUT2D eigenvalue weighted by Gasteiger charge is 2.27. The number of tetrazole rings is 1. The Balaban J connectivity index is 1.83. The highest BCUT2D eigenvalue weighted by atomic mass is 79.9. The van der Waals surface area contributed by atoms with Gasteiger partial charge in [0.05, 0.1) is 0 Å². The molecular weight excluding hydrogens is 420 g/mol. The second-order valence-corrected chi connectivity index (χ2v) is 6.94. The maximum atomic E-state index is 12.9. The van der Waals surface area contributed by atoms with Crippen LogP contribution in [0.25, 0.3) is 5.70 Å². The van der Waals surface area contributed by atoms with Gasteiger partial charge >= 0.3 is 6.61 Å². The van der Waals surface area contributed by atoms with Crippen molar-refractivity contribution in [2.45, 2.75) is 19.6 Å². The molecule has 2 heterocycles. The van der Waals surface area contributed by atoms with Gasteiger partial charge < -0.3 is 10.1 Å². The first kappa shape index (κ1) is 17.6. The number of benzene rings is 2. The third-order valence-electron chi connectivity index (χ3n) is 4.20. The van der Waals surface area contributed by atoms with Gasteiger partial charge in [-0.25, -0.2) is 0 Å². The Hall–Kier alpha value is -2.81. The number of anilines is 1. The van der Waals surface area contributed by atoms with Gasteiger partial charge in [0.15, 0.2) is 0 Å². The van der Waals surface area contributed by atoms with E-state index in [9.17, 15) is 8.78 Å². The third kappa shape index (κ3) is 3.55. The maximum absolute atomic E-state index is 12.9. The molecule has 0 radical (unpaired) electrons. The highest BCUT2D eigenvalue weighted by Crippen LogP contribution is 2.37. The van der Waals surface area contributed by atoms with E-state index in [4.69, 9.17) is 4.74 Å². The molecule has 0 aliphatic carbocycles. The number of fused-ring (bicyclic) bond motifs is 1. The molecule has 1 N–H and O–H groups in total. The van der Waals surface area contributed by atoms with Crippen LogP contribution in [-0.2, 0) is 0 Å². The molecule has 2 aromatic carbocycles. The van der Waals surface area contributed by atoms with Gasteiger partial charge in [0.25, 0.3) is 0 Å². The average Bonchev–Trinajstić information content (AvgIpc) is 3.11. The van der Waals surface area contributed by atoms with Crippen molar-refractivity contribution in [1.29, 1.82) is 0 Å². The van der Waals surface area contributed by atoms with Crippen molar-refractivity contribution in [2.75, 3.05) is 5.32 Å². The first-order valence-corrected chi connectivity index (χ1v) is 8.88. The Morgan fingerprint density at radius 1 is 1.19 bits per heavy atom. The Labute approximate surface area is 162 Å². The van der Waals surface area contributed by atoms with Crippen molar-refractivity contribution in [1.82, 2.24) is 20.2 Å². The lowest BCUT2D eigenvalue weighted by Gasteiger charge is -2.25. The number of ether oxygens (including phenoxy) is 1. The number of aromatic nitrogens is 4. The van der Waals surface area contributed by atoms with Crippen LogP contribution in [0.1, 0.15) is 22.7 Å². The third-order valence-corrected chi connectivity index (χ3v) is 4.69. The van der Waals surface area contributed by atoms with Crippen LogP contribution in [0.3, 0.4) is 0 Å². The molecule has 3 aromatic rings. The van der Waals surface area contributed by atoms with Crippen LogP contribution in [0.15, 0.2) is 53.0 Å². The van der Waals surface area contributed by atoms with Gasteiger partial charge in [-0.1, -0.05) is 50.9 Å². The summed E-state index contributed by atoms with van der Waals surface area (Å²) in [6.45, 7) is -0.925. The number of hydrogen-bond acceptors (Lipinski definition) is 5. The Bertz CT molecular complexity index is 1000. The van der Waals surface area contributed by atoms with Gasteiger partial charge in [-0.05, 0) is 47.2 Å². The van der Waals surface area contributed by atoms with Crippen molar-refractivity contribution >= 4 is 27.6 Å². The minimum Gasteiger partial charge on any atom is -0.434 e. The van der Waals surface area contributed by atoms with Gasteiger partial charge in [-0.3, -0.25) is 0 Å². The molecule has 1 aromatic heterocycles. The normalized spacial score (nSPS) is 15.9. The summed E-state index contributed by atoms with van der Waals surface area (Å²) in [5, 5.41) is 14.9. The van der Waals surface area contributed by atoms with Crippen LogP contribution in [0.2, 0.25) is 0 Å². The topological polar surface area (TPSA) is 64.9 Å². The molecule has 0 saturated carbocycles. The fraction of sp³-hybridized carbons (Fsp3) is 0.167. The van der Waals surface area contributed by atoms with Gasteiger partial charge in [0.2, 0.25) is 5.95 Å². The van der Waals surface area contributed by atoms with Crippen LogP contribution < -0.4 is 10.1 Å². The molecular formula is C18H14BrF2N5O. The molecule has 1 aliphatic heterocycles. The number of nitrogens with one attached hydrogen (secondary N) is 1. The average molecular weight is 434 g/mol. The molecule has 0 saturated heterocycles. The van der Waals surface area contributed by atoms with Crippen LogP contribution in [0, 0.1) is 6.92 Å². The number of alkyl halides is 2. The standard InChI is InChI=1S/C18H14BrF2N5O/c1-10-2-4-11(5-3-10)14-9-15(26-18(22-14)23-24-25-26)13-8-12(19)6-7-16(13)27-17(20)21/h2-9,15,17H,1H3,(H,22,23,25)/t15-/m0/s1. The van der Waals surface area contributed by atoms with Crippen LogP contribution in [-0.4, -0.2) is 26.8 Å². The van der Waals surface area contributed by atoms with Gasteiger partial charge in [-0.2, -0.15) is 13.5 Å². The van der Waals surface area contributed by atoms with Crippen molar-refractivity contribution in [2.24, 2.45) is 0 Å². The van der Waals surface area contributed by atoms with Crippen molar-refractivity contribution in [3.63, 3.8) is 0 Å². The lowest BCUT2D eigenvalue weighted by molar-refractivity contribution is -0.0506. The zero-order valence-corrected chi connectivity index (χ0v) is 15.7. The SMILES string of the molecule is Cc1ccc(C2=C[C@@H](c3cc(Br)ccc3OC(F)F)n3nnnc3N2)cc1. The van der Waals surface area contributed by atoms with E-state index in [1.165, 1.54) is 10.7 Å². The maximum Gasteiger partial charge on any atom is 0.387 e. The number of nitrogens with zero attached hydrogens (tertiary/aromatic N) is 4. The summed E-state index contributed by atoms with van der Waals surface area (Å²) in [4.78, 5) is 0. The second kappa shape index (κ2) is 7.07. The van der Waals surface area contributed by atoms with E-state index in [1.54, 1.807) is 12.1 Å². The quantitative estimate of drug-likeness (QED) is 0.660. The van der Waals surface area contributed by atoms with Crippen LogP contribution >= 0.6 is 15.9 Å². The van der Waals surface area contributed by atoms with E-state index in [2.05, 4.69) is 36.8 Å². The number of hydrogen-bond donors (Lipinski definition) is 1. The Morgan fingerprint density at radius 2 is 1.96 bits per heavy atom. The summed E-state index contributed by atoms with van der Waals surface area (Å²) in [6, 6.07) is 12.3. The Morgan fingerprint density at radius 3 is 2.70 bits per heavy atom. The van der Waals surface area contributed by atoms with E-state index in [0.29, 0.717) is 11.5 Å². The van der Waals surface area contributed by atoms with Gasteiger partial charge in [0.1, 0.15) is 11.8 Å². The lowest BCUT2D eigenvalue weighted by atomic mass is 10.0. The van der Waals surface area contributed by atoms with E-state index < -0.39 is 12.7 Å². The van der Waals surface area contributed by atoms with E-state index in [-0.39, 0.29) is 5.75 Å². The molecule has 1 aliphatic rings.